The van der Waals surface area contributed by atoms with E-state index in [1.54, 1.807) is 0 Å². The Morgan fingerprint density at radius 1 is 1.21 bits per heavy atom. The summed E-state index contributed by atoms with van der Waals surface area (Å²) in [6.07, 6.45) is 0.521. The van der Waals surface area contributed by atoms with Crippen LogP contribution in [0.5, 0.6) is 0 Å². The van der Waals surface area contributed by atoms with Gasteiger partial charge < -0.3 is 5.32 Å². The minimum Gasteiger partial charge on any atom is -0.326 e. The van der Waals surface area contributed by atoms with Gasteiger partial charge in [-0.2, -0.15) is 0 Å². The van der Waals surface area contributed by atoms with Crippen LogP contribution in [0.2, 0.25) is 0 Å². The maximum Gasteiger partial charge on any atom is 0.224 e. The standard InChI is InChI=1S/C12H17NO/c1-5-11(14)13-12-9(3)6-8(2)7-10(12)4/h6-7H,5H2,1-4H3,(H,13,14). The Hall–Kier alpha value is -1.31. The molecule has 0 spiro atoms. The first kappa shape index (κ1) is 10.8. The SMILES string of the molecule is CCC(=O)Nc1c(C)cc(C)cc1C. The van der Waals surface area contributed by atoms with Crippen molar-refractivity contribution in [3.8, 4) is 0 Å². The van der Waals surface area contributed by atoms with Crippen LogP contribution in [0, 0.1) is 20.8 Å². The molecule has 1 aromatic carbocycles. The molecular weight excluding hydrogens is 174 g/mol. The van der Waals surface area contributed by atoms with Gasteiger partial charge in [-0.05, 0) is 31.9 Å². The average molecular weight is 191 g/mol. The van der Waals surface area contributed by atoms with E-state index in [1.807, 2.05) is 20.8 Å². The number of amides is 1. The predicted octanol–water partition coefficient (Wildman–Crippen LogP) is 2.96. The van der Waals surface area contributed by atoms with Crippen molar-refractivity contribution in [3.63, 3.8) is 0 Å². The maximum absolute atomic E-state index is 11.3. The molecule has 0 saturated heterocycles. The minimum absolute atomic E-state index is 0.0695. The number of benzene rings is 1. The second-order valence-corrected chi connectivity index (χ2v) is 3.68. The van der Waals surface area contributed by atoms with E-state index in [9.17, 15) is 4.79 Å². The topological polar surface area (TPSA) is 29.1 Å². The number of hydrogen-bond donors (Lipinski definition) is 1. The molecule has 0 aliphatic heterocycles. The van der Waals surface area contributed by atoms with Crippen molar-refractivity contribution in [1.29, 1.82) is 0 Å². The van der Waals surface area contributed by atoms with E-state index >= 15 is 0 Å². The molecular formula is C12H17NO. The summed E-state index contributed by atoms with van der Waals surface area (Å²) < 4.78 is 0. The Labute approximate surface area is 85.3 Å². The molecule has 2 nitrogen and oxygen atoms in total. The summed E-state index contributed by atoms with van der Waals surface area (Å²) in [5, 5.41) is 2.92. The highest BCUT2D eigenvalue weighted by atomic mass is 16.1. The highest BCUT2D eigenvalue weighted by Crippen LogP contribution is 2.21. The van der Waals surface area contributed by atoms with Gasteiger partial charge in [0.2, 0.25) is 5.91 Å². The molecule has 0 aliphatic carbocycles. The fourth-order valence-corrected chi connectivity index (χ4v) is 1.60. The maximum atomic E-state index is 11.3. The van der Waals surface area contributed by atoms with Crippen molar-refractivity contribution in [2.45, 2.75) is 34.1 Å². The van der Waals surface area contributed by atoms with Gasteiger partial charge in [-0.25, -0.2) is 0 Å². The molecule has 1 amide bonds. The molecule has 0 aliphatic rings. The summed E-state index contributed by atoms with van der Waals surface area (Å²) in [4.78, 5) is 11.3. The van der Waals surface area contributed by atoms with Gasteiger partial charge in [0.05, 0.1) is 0 Å². The van der Waals surface area contributed by atoms with Crippen molar-refractivity contribution >= 4 is 11.6 Å². The van der Waals surface area contributed by atoms with Gasteiger partial charge in [-0.15, -0.1) is 0 Å². The number of carbonyl (C=O) groups is 1. The number of carbonyl (C=O) groups excluding carboxylic acids is 1. The van der Waals surface area contributed by atoms with Gasteiger partial charge in [0, 0.05) is 12.1 Å². The fourth-order valence-electron chi connectivity index (χ4n) is 1.60. The molecule has 0 radical (unpaired) electrons. The highest BCUT2D eigenvalue weighted by Gasteiger charge is 2.05. The van der Waals surface area contributed by atoms with Gasteiger partial charge in [-0.1, -0.05) is 24.6 Å². The van der Waals surface area contributed by atoms with Crippen LogP contribution in [0.25, 0.3) is 0 Å². The first-order chi connectivity index (χ1) is 6.54. The third kappa shape index (κ3) is 2.34. The fraction of sp³-hybridized carbons (Fsp3) is 0.417. The molecule has 1 rings (SSSR count). The molecule has 0 fully saturated rings. The quantitative estimate of drug-likeness (QED) is 0.765. The Morgan fingerprint density at radius 3 is 2.14 bits per heavy atom. The zero-order chi connectivity index (χ0) is 10.7. The van der Waals surface area contributed by atoms with Crippen LogP contribution in [0.15, 0.2) is 12.1 Å². The van der Waals surface area contributed by atoms with E-state index in [4.69, 9.17) is 0 Å². The van der Waals surface area contributed by atoms with E-state index < -0.39 is 0 Å². The molecule has 0 heterocycles. The Morgan fingerprint density at radius 2 is 1.71 bits per heavy atom. The van der Waals surface area contributed by atoms with Gasteiger partial charge in [-0.3, -0.25) is 4.79 Å². The molecule has 1 aromatic rings. The average Bonchev–Trinajstić information content (AvgIpc) is 2.10. The van der Waals surface area contributed by atoms with Crippen LogP contribution in [0.1, 0.15) is 30.0 Å². The summed E-state index contributed by atoms with van der Waals surface area (Å²) in [5.74, 6) is 0.0695. The van der Waals surface area contributed by atoms with Crippen molar-refractivity contribution in [1.82, 2.24) is 0 Å². The highest BCUT2D eigenvalue weighted by molar-refractivity contribution is 5.92. The van der Waals surface area contributed by atoms with E-state index in [2.05, 4.69) is 24.4 Å². The van der Waals surface area contributed by atoms with E-state index in [-0.39, 0.29) is 5.91 Å². The molecule has 76 valence electrons. The Bertz CT molecular complexity index is 332. The van der Waals surface area contributed by atoms with Crippen LogP contribution in [0.4, 0.5) is 5.69 Å². The van der Waals surface area contributed by atoms with E-state index in [1.165, 1.54) is 5.56 Å². The third-order valence-corrected chi connectivity index (χ3v) is 2.26. The van der Waals surface area contributed by atoms with Gasteiger partial charge in [0.1, 0.15) is 0 Å². The lowest BCUT2D eigenvalue weighted by Gasteiger charge is -2.11. The van der Waals surface area contributed by atoms with Crippen molar-refractivity contribution in [2.24, 2.45) is 0 Å². The van der Waals surface area contributed by atoms with Crippen LogP contribution in [0.3, 0.4) is 0 Å². The first-order valence-corrected chi connectivity index (χ1v) is 4.92. The van der Waals surface area contributed by atoms with Crippen LogP contribution >= 0.6 is 0 Å². The smallest absolute Gasteiger partial charge is 0.224 e. The third-order valence-electron chi connectivity index (χ3n) is 2.26. The molecule has 1 N–H and O–H groups in total. The van der Waals surface area contributed by atoms with Crippen LogP contribution in [-0.4, -0.2) is 5.91 Å². The number of aryl methyl sites for hydroxylation is 3. The molecule has 0 aromatic heterocycles. The molecule has 0 atom stereocenters. The number of hydrogen-bond acceptors (Lipinski definition) is 1. The van der Waals surface area contributed by atoms with Gasteiger partial charge in [0.15, 0.2) is 0 Å². The van der Waals surface area contributed by atoms with Crippen molar-refractivity contribution in [3.05, 3.63) is 28.8 Å². The summed E-state index contributed by atoms with van der Waals surface area (Å²) >= 11 is 0. The van der Waals surface area contributed by atoms with Gasteiger partial charge in [0.25, 0.3) is 0 Å². The Kier molecular flexibility index (Phi) is 3.28. The van der Waals surface area contributed by atoms with Gasteiger partial charge >= 0.3 is 0 Å². The van der Waals surface area contributed by atoms with Crippen molar-refractivity contribution < 1.29 is 4.79 Å². The molecule has 2 heteroatoms. The second-order valence-electron chi connectivity index (χ2n) is 3.68. The predicted molar refractivity (Wildman–Crippen MR) is 59.6 cm³/mol. The number of anilines is 1. The first-order valence-electron chi connectivity index (χ1n) is 4.92. The lowest BCUT2D eigenvalue weighted by molar-refractivity contribution is -0.115. The number of rotatable bonds is 2. The lowest BCUT2D eigenvalue weighted by Crippen LogP contribution is -2.11. The Balaban J connectivity index is 3.02. The monoisotopic (exact) mass is 191 g/mol. The largest absolute Gasteiger partial charge is 0.326 e. The number of nitrogens with one attached hydrogen (secondary N) is 1. The van der Waals surface area contributed by atoms with Crippen LogP contribution < -0.4 is 5.32 Å². The van der Waals surface area contributed by atoms with Crippen LogP contribution in [-0.2, 0) is 4.79 Å². The summed E-state index contributed by atoms with van der Waals surface area (Å²) in [5.41, 5.74) is 4.45. The molecule has 0 bridgehead atoms. The zero-order valence-electron chi connectivity index (χ0n) is 9.27. The summed E-state index contributed by atoms with van der Waals surface area (Å²) in [6.45, 7) is 7.95. The zero-order valence-corrected chi connectivity index (χ0v) is 9.27. The molecule has 14 heavy (non-hydrogen) atoms. The minimum atomic E-state index is 0.0695. The summed E-state index contributed by atoms with van der Waals surface area (Å²) in [6, 6.07) is 4.16. The molecule has 0 saturated carbocycles. The normalized spacial score (nSPS) is 10.0. The lowest BCUT2D eigenvalue weighted by atomic mass is 10.1. The molecule has 0 unspecified atom stereocenters. The van der Waals surface area contributed by atoms with E-state index in [0.717, 1.165) is 16.8 Å². The second kappa shape index (κ2) is 4.27. The summed E-state index contributed by atoms with van der Waals surface area (Å²) in [7, 11) is 0. The van der Waals surface area contributed by atoms with E-state index in [0.29, 0.717) is 6.42 Å². The van der Waals surface area contributed by atoms with Crippen molar-refractivity contribution in [2.75, 3.05) is 5.32 Å².